The minimum atomic E-state index is -0.168. The number of hydrogen-bond donors (Lipinski definition) is 1. The van der Waals surface area contributed by atoms with Gasteiger partial charge in [-0.25, -0.2) is 0 Å². The van der Waals surface area contributed by atoms with Gasteiger partial charge in [0.05, 0.1) is 6.04 Å². The van der Waals surface area contributed by atoms with E-state index in [9.17, 15) is 0 Å². The van der Waals surface area contributed by atoms with E-state index in [1.807, 2.05) is 0 Å². The summed E-state index contributed by atoms with van der Waals surface area (Å²) in [6.07, 6.45) is 0.793. The van der Waals surface area contributed by atoms with Crippen LogP contribution in [0.2, 0.25) is 0 Å². The first kappa shape index (κ1) is 10.6. The zero-order valence-corrected chi connectivity index (χ0v) is 9.19. The quantitative estimate of drug-likeness (QED) is 0.758. The zero-order chi connectivity index (χ0) is 10.7. The van der Waals surface area contributed by atoms with Gasteiger partial charge in [0.15, 0.2) is 6.29 Å². The van der Waals surface area contributed by atoms with Crippen molar-refractivity contribution in [2.45, 2.75) is 25.3 Å². The Hall–Kier alpha value is -0.900. The average molecular weight is 207 g/mol. The van der Waals surface area contributed by atoms with E-state index in [1.54, 1.807) is 14.2 Å². The Bertz CT molecular complexity index is 323. The number of ether oxygens (including phenoxy) is 2. The molecule has 0 spiro atoms. The second-order valence-electron chi connectivity index (χ2n) is 3.80. The first-order valence-corrected chi connectivity index (χ1v) is 5.21. The third kappa shape index (κ3) is 2.20. The van der Waals surface area contributed by atoms with Crippen LogP contribution in [0.25, 0.3) is 0 Å². The van der Waals surface area contributed by atoms with E-state index >= 15 is 0 Å². The third-order valence-corrected chi connectivity index (χ3v) is 2.91. The van der Waals surface area contributed by atoms with Crippen molar-refractivity contribution >= 4 is 0 Å². The molecule has 0 aliphatic carbocycles. The minimum absolute atomic E-state index is 0.168. The molecule has 0 amide bonds. The lowest BCUT2D eigenvalue weighted by Gasteiger charge is -2.30. The molecule has 0 saturated carbocycles. The second-order valence-corrected chi connectivity index (χ2v) is 3.80. The number of fused-ring (bicyclic) bond motifs is 1. The molecule has 1 N–H and O–H groups in total. The molecule has 1 aliphatic rings. The summed E-state index contributed by atoms with van der Waals surface area (Å²) in [6.45, 7) is 0.893. The van der Waals surface area contributed by atoms with E-state index in [1.165, 1.54) is 11.1 Å². The van der Waals surface area contributed by atoms with Crippen molar-refractivity contribution in [1.82, 2.24) is 5.32 Å². The van der Waals surface area contributed by atoms with Crippen molar-refractivity contribution in [2.24, 2.45) is 0 Å². The molecule has 2 rings (SSSR count). The lowest BCUT2D eigenvalue weighted by atomic mass is 9.95. The molecule has 0 saturated heterocycles. The molecule has 3 nitrogen and oxygen atoms in total. The van der Waals surface area contributed by atoms with E-state index in [4.69, 9.17) is 9.47 Å². The molecule has 1 aliphatic heterocycles. The van der Waals surface area contributed by atoms with Gasteiger partial charge in [0, 0.05) is 20.8 Å². The van der Waals surface area contributed by atoms with Gasteiger partial charge in [-0.1, -0.05) is 24.3 Å². The van der Waals surface area contributed by atoms with Crippen LogP contribution in [0, 0.1) is 0 Å². The van der Waals surface area contributed by atoms with Gasteiger partial charge in [-0.3, -0.25) is 0 Å². The minimum Gasteiger partial charge on any atom is -0.354 e. The van der Waals surface area contributed by atoms with Crippen LogP contribution < -0.4 is 5.32 Å². The van der Waals surface area contributed by atoms with Crippen molar-refractivity contribution < 1.29 is 9.47 Å². The molecule has 15 heavy (non-hydrogen) atoms. The monoisotopic (exact) mass is 207 g/mol. The smallest absolute Gasteiger partial charge is 0.172 e. The molecule has 0 radical (unpaired) electrons. The van der Waals surface area contributed by atoms with E-state index in [2.05, 4.69) is 29.6 Å². The Morgan fingerprint density at radius 1 is 1.20 bits per heavy atom. The van der Waals surface area contributed by atoms with Crippen molar-refractivity contribution in [3.05, 3.63) is 35.4 Å². The highest BCUT2D eigenvalue weighted by Gasteiger charge is 2.25. The van der Waals surface area contributed by atoms with Gasteiger partial charge in [-0.15, -0.1) is 0 Å². The van der Waals surface area contributed by atoms with Gasteiger partial charge in [0.2, 0.25) is 0 Å². The number of rotatable bonds is 3. The molecule has 1 aromatic rings. The van der Waals surface area contributed by atoms with Gasteiger partial charge in [-0.05, 0) is 17.5 Å². The molecule has 0 aromatic heterocycles. The Morgan fingerprint density at radius 2 is 1.87 bits per heavy atom. The summed E-state index contributed by atoms with van der Waals surface area (Å²) in [7, 11) is 3.35. The predicted molar refractivity (Wildman–Crippen MR) is 58.6 cm³/mol. The first-order chi connectivity index (χ1) is 7.35. The lowest BCUT2D eigenvalue weighted by molar-refractivity contribution is -0.123. The Balaban J connectivity index is 2.11. The summed E-state index contributed by atoms with van der Waals surface area (Å²) in [5, 5.41) is 3.43. The normalized spacial score (nSPS) is 20.3. The summed E-state index contributed by atoms with van der Waals surface area (Å²) in [6, 6.07) is 8.73. The highest BCUT2D eigenvalue weighted by Crippen LogP contribution is 2.18. The van der Waals surface area contributed by atoms with Crippen LogP contribution in [0.15, 0.2) is 24.3 Å². The van der Waals surface area contributed by atoms with Crippen molar-refractivity contribution in [1.29, 1.82) is 0 Å². The molecule has 1 aromatic carbocycles. The van der Waals surface area contributed by atoms with Crippen LogP contribution in [0.1, 0.15) is 11.1 Å². The van der Waals surface area contributed by atoms with Gasteiger partial charge in [-0.2, -0.15) is 0 Å². The predicted octanol–water partition coefficient (Wildman–Crippen LogP) is 1.32. The van der Waals surface area contributed by atoms with E-state index in [0.29, 0.717) is 0 Å². The van der Waals surface area contributed by atoms with Gasteiger partial charge in [0.25, 0.3) is 0 Å². The summed E-state index contributed by atoms with van der Waals surface area (Å²) in [5.41, 5.74) is 2.76. The lowest BCUT2D eigenvalue weighted by Crippen LogP contribution is -2.46. The highest BCUT2D eigenvalue weighted by atomic mass is 16.7. The van der Waals surface area contributed by atoms with E-state index < -0.39 is 0 Å². The van der Waals surface area contributed by atoms with Crippen LogP contribution in [0.4, 0.5) is 0 Å². The highest BCUT2D eigenvalue weighted by molar-refractivity contribution is 5.30. The fourth-order valence-electron chi connectivity index (χ4n) is 2.10. The first-order valence-electron chi connectivity index (χ1n) is 5.21. The topological polar surface area (TPSA) is 30.5 Å². The average Bonchev–Trinajstić information content (AvgIpc) is 2.30. The fourth-order valence-corrected chi connectivity index (χ4v) is 2.10. The van der Waals surface area contributed by atoms with E-state index in [0.717, 1.165) is 13.0 Å². The van der Waals surface area contributed by atoms with Crippen LogP contribution in [0.5, 0.6) is 0 Å². The van der Waals surface area contributed by atoms with Crippen molar-refractivity contribution in [3.8, 4) is 0 Å². The maximum Gasteiger partial charge on any atom is 0.172 e. The number of hydrogen-bond acceptors (Lipinski definition) is 3. The maximum absolute atomic E-state index is 5.27. The second kappa shape index (κ2) is 4.75. The Labute approximate surface area is 90.4 Å². The number of benzene rings is 1. The summed E-state index contributed by atoms with van der Waals surface area (Å²) in [5.74, 6) is 0. The third-order valence-electron chi connectivity index (χ3n) is 2.91. The summed E-state index contributed by atoms with van der Waals surface area (Å²) >= 11 is 0. The SMILES string of the molecule is COC(OC)C1Cc2ccccc2CN1. The molecule has 0 bridgehead atoms. The summed E-state index contributed by atoms with van der Waals surface area (Å²) in [4.78, 5) is 0. The molecule has 82 valence electrons. The Morgan fingerprint density at radius 3 is 2.53 bits per heavy atom. The van der Waals surface area contributed by atoms with Gasteiger partial charge < -0.3 is 14.8 Å². The van der Waals surface area contributed by atoms with Crippen LogP contribution in [-0.2, 0) is 22.4 Å². The zero-order valence-electron chi connectivity index (χ0n) is 9.19. The maximum atomic E-state index is 5.27. The molecule has 1 atom stereocenters. The largest absolute Gasteiger partial charge is 0.354 e. The molecule has 1 heterocycles. The van der Waals surface area contributed by atoms with Crippen LogP contribution in [0.3, 0.4) is 0 Å². The number of methoxy groups -OCH3 is 2. The molecular formula is C12H17NO2. The Kier molecular flexibility index (Phi) is 3.36. The van der Waals surface area contributed by atoms with Crippen molar-refractivity contribution in [3.63, 3.8) is 0 Å². The molecule has 1 unspecified atom stereocenters. The van der Waals surface area contributed by atoms with Crippen molar-refractivity contribution in [2.75, 3.05) is 14.2 Å². The fraction of sp³-hybridized carbons (Fsp3) is 0.500. The van der Waals surface area contributed by atoms with Gasteiger partial charge in [0.1, 0.15) is 0 Å². The van der Waals surface area contributed by atoms with E-state index in [-0.39, 0.29) is 12.3 Å². The molecule has 0 fully saturated rings. The number of nitrogens with one attached hydrogen (secondary N) is 1. The molecular weight excluding hydrogens is 190 g/mol. The van der Waals surface area contributed by atoms with Gasteiger partial charge >= 0.3 is 0 Å². The molecule has 3 heteroatoms. The standard InChI is InChI=1S/C12H17NO2/c1-14-12(15-2)11-7-9-5-3-4-6-10(9)8-13-11/h3-6,11-13H,7-8H2,1-2H3. The van der Waals surface area contributed by atoms with Crippen LogP contribution in [-0.4, -0.2) is 26.6 Å². The summed E-state index contributed by atoms with van der Waals surface area (Å²) < 4.78 is 10.5. The van der Waals surface area contributed by atoms with Crippen LogP contribution >= 0.6 is 0 Å².